The highest BCUT2D eigenvalue weighted by Crippen LogP contribution is 2.26. The van der Waals surface area contributed by atoms with Crippen molar-refractivity contribution in [2.24, 2.45) is 5.92 Å². The van der Waals surface area contributed by atoms with Gasteiger partial charge in [0.2, 0.25) is 5.95 Å². The summed E-state index contributed by atoms with van der Waals surface area (Å²) in [4.78, 5) is 11.1. The number of carboxylic acids is 1. The van der Waals surface area contributed by atoms with E-state index in [1.165, 1.54) is 0 Å². The van der Waals surface area contributed by atoms with Crippen molar-refractivity contribution in [1.82, 2.24) is 9.78 Å². The summed E-state index contributed by atoms with van der Waals surface area (Å²) >= 11 is 0. The number of benzene rings is 2. The second kappa shape index (κ2) is 9.57. The molecule has 5 nitrogen and oxygen atoms in total. The Bertz CT molecular complexity index is 1040. The van der Waals surface area contributed by atoms with Crippen LogP contribution >= 0.6 is 0 Å². The first kappa shape index (κ1) is 21.6. The van der Waals surface area contributed by atoms with Crippen LogP contribution in [-0.4, -0.2) is 20.9 Å². The third-order valence-corrected chi connectivity index (χ3v) is 4.88. The van der Waals surface area contributed by atoms with E-state index >= 15 is 0 Å². The van der Waals surface area contributed by atoms with Gasteiger partial charge in [0.15, 0.2) is 0 Å². The molecule has 0 spiro atoms. The molecule has 1 atom stereocenters. The van der Waals surface area contributed by atoms with E-state index in [0.717, 1.165) is 16.6 Å². The molecular formula is C24H27FN2O3. The number of halogens is 1. The van der Waals surface area contributed by atoms with E-state index in [-0.39, 0.29) is 18.9 Å². The van der Waals surface area contributed by atoms with Gasteiger partial charge in [-0.05, 0) is 36.6 Å². The summed E-state index contributed by atoms with van der Waals surface area (Å²) < 4.78 is 22.1. The van der Waals surface area contributed by atoms with Crippen molar-refractivity contribution in [3.63, 3.8) is 0 Å². The average molecular weight is 410 g/mol. The summed E-state index contributed by atoms with van der Waals surface area (Å²) in [5.41, 5.74) is 2.41. The molecule has 1 aromatic heterocycles. The molecule has 0 aliphatic rings. The number of allylic oxidation sites excluding steroid dienone is 2. The fraction of sp³-hybridized carbons (Fsp3) is 0.333. The molecule has 3 rings (SSSR count). The topological polar surface area (TPSA) is 64.3 Å². The summed E-state index contributed by atoms with van der Waals surface area (Å²) in [7, 11) is 0. The van der Waals surface area contributed by atoms with Crippen LogP contribution in [0.25, 0.3) is 10.9 Å². The van der Waals surface area contributed by atoms with E-state index in [1.807, 2.05) is 61.5 Å². The van der Waals surface area contributed by atoms with Gasteiger partial charge in [0.05, 0.1) is 17.3 Å². The molecule has 0 saturated carbocycles. The molecule has 0 unspecified atom stereocenters. The lowest BCUT2D eigenvalue weighted by Crippen LogP contribution is -2.06. The van der Waals surface area contributed by atoms with Gasteiger partial charge < -0.3 is 9.84 Å². The van der Waals surface area contributed by atoms with E-state index in [9.17, 15) is 9.18 Å². The fourth-order valence-corrected chi connectivity index (χ4v) is 3.54. The van der Waals surface area contributed by atoms with Crippen molar-refractivity contribution in [2.75, 3.05) is 0 Å². The van der Waals surface area contributed by atoms with Crippen molar-refractivity contribution in [3.8, 4) is 5.75 Å². The largest absolute Gasteiger partial charge is 0.489 e. The second-order valence-electron chi connectivity index (χ2n) is 7.77. The van der Waals surface area contributed by atoms with Crippen LogP contribution in [0.3, 0.4) is 0 Å². The minimum absolute atomic E-state index is 0.0339. The molecule has 0 radical (unpaired) electrons. The van der Waals surface area contributed by atoms with Gasteiger partial charge in [-0.25, -0.2) is 0 Å². The maximum Gasteiger partial charge on any atom is 0.304 e. The SMILES string of the molecule is CC=C[C@H](CC(=O)O)c1ccc(OCc2cccc3c2c(F)nn3CC(C)C)cc1. The Morgan fingerprint density at radius 3 is 2.60 bits per heavy atom. The molecule has 0 bridgehead atoms. The molecule has 2 aromatic carbocycles. The Morgan fingerprint density at radius 2 is 1.97 bits per heavy atom. The van der Waals surface area contributed by atoms with Gasteiger partial charge in [-0.1, -0.05) is 50.3 Å². The van der Waals surface area contributed by atoms with Gasteiger partial charge in [0.1, 0.15) is 12.4 Å². The van der Waals surface area contributed by atoms with Crippen LogP contribution < -0.4 is 4.74 Å². The van der Waals surface area contributed by atoms with E-state index < -0.39 is 11.9 Å². The lowest BCUT2D eigenvalue weighted by atomic mass is 9.95. The first-order valence-electron chi connectivity index (χ1n) is 10.1. The molecule has 0 fully saturated rings. The molecule has 0 aliphatic carbocycles. The van der Waals surface area contributed by atoms with E-state index in [0.29, 0.717) is 23.6 Å². The van der Waals surface area contributed by atoms with Crippen LogP contribution in [0.2, 0.25) is 0 Å². The summed E-state index contributed by atoms with van der Waals surface area (Å²) in [5, 5.41) is 13.6. The van der Waals surface area contributed by atoms with Crippen LogP contribution in [0.5, 0.6) is 5.75 Å². The molecule has 3 aromatic rings. The summed E-state index contributed by atoms with van der Waals surface area (Å²) in [5.74, 6) is -0.510. The maximum atomic E-state index is 14.5. The standard InChI is InChI=1S/C24H27FN2O3/c1-4-6-18(13-22(28)29)17-9-11-20(12-10-17)30-15-19-7-5-8-21-23(19)24(25)26-27(21)14-16(2)3/h4-12,16,18H,13-15H2,1-3H3,(H,28,29)/t18-/m1/s1. The zero-order chi connectivity index (χ0) is 21.7. The molecule has 158 valence electrons. The van der Waals surface area contributed by atoms with E-state index in [2.05, 4.69) is 18.9 Å². The normalized spacial score (nSPS) is 12.7. The van der Waals surface area contributed by atoms with E-state index in [4.69, 9.17) is 9.84 Å². The van der Waals surface area contributed by atoms with Crippen molar-refractivity contribution in [2.45, 2.75) is 46.3 Å². The number of carbonyl (C=O) groups is 1. The van der Waals surface area contributed by atoms with Crippen molar-refractivity contribution >= 4 is 16.9 Å². The summed E-state index contributed by atoms with van der Waals surface area (Å²) in [6.45, 7) is 6.87. The second-order valence-corrected chi connectivity index (χ2v) is 7.77. The monoisotopic (exact) mass is 410 g/mol. The summed E-state index contributed by atoms with van der Waals surface area (Å²) in [6, 6.07) is 13.0. The number of ether oxygens (including phenoxy) is 1. The van der Waals surface area contributed by atoms with Gasteiger partial charge in [0, 0.05) is 18.0 Å². The fourth-order valence-electron chi connectivity index (χ4n) is 3.54. The molecular weight excluding hydrogens is 383 g/mol. The van der Waals surface area contributed by atoms with Crippen molar-refractivity contribution in [1.29, 1.82) is 0 Å². The highest BCUT2D eigenvalue weighted by Gasteiger charge is 2.16. The quantitative estimate of drug-likeness (QED) is 0.470. The summed E-state index contributed by atoms with van der Waals surface area (Å²) in [6.07, 6.45) is 3.77. The van der Waals surface area contributed by atoms with Crippen molar-refractivity contribution in [3.05, 3.63) is 71.7 Å². The number of hydrogen-bond donors (Lipinski definition) is 1. The third kappa shape index (κ3) is 5.06. The van der Waals surface area contributed by atoms with E-state index in [1.54, 1.807) is 4.68 Å². The van der Waals surface area contributed by atoms with Crippen LogP contribution in [0, 0.1) is 11.9 Å². The molecule has 0 saturated heterocycles. The lowest BCUT2D eigenvalue weighted by molar-refractivity contribution is -0.137. The number of nitrogens with zero attached hydrogens (tertiary/aromatic N) is 2. The first-order valence-corrected chi connectivity index (χ1v) is 10.1. The Kier molecular flexibility index (Phi) is 6.87. The smallest absolute Gasteiger partial charge is 0.304 e. The Morgan fingerprint density at radius 1 is 1.23 bits per heavy atom. The Hall–Kier alpha value is -3.15. The molecule has 6 heteroatoms. The number of aromatic nitrogens is 2. The third-order valence-electron chi connectivity index (χ3n) is 4.88. The number of aliphatic carboxylic acids is 1. The molecule has 0 amide bonds. The zero-order valence-electron chi connectivity index (χ0n) is 17.5. The van der Waals surface area contributed by atoms with Crippen molar-refractivity contribution < 1.29 is 19.0 Å². The Labute approximate surface area is 175 Å². The number of hydrogen-bond acceptors (Lipinski definition) is 3. The molecule has 1 N–H and O–H groups in total. The van der Waals surface area contributed by atoms with Crippen LogP contribution in [-0.2, 0) is 17.9 Å². The lowest BCUT2D eigenvalue weighted by Gasteiger charge is -2.12. The number of fused-ring (bicyclic) bond motifs is 1. The van der Waals surface area contributed by atoms with Gasteiger partial charge in [0.25, 0.3) is 0 Å². The predicted molar refractivity (Wildman–Crippen MR) is 115 cm³/mol. The Balaban J connectivity index is 1.76. The van der Waals surface area contributed by atoms with Gasteiger partial charge in [-0.2, -0.15) is 4.39 Å². The molecule has 0 aliphatic heterocycles. The zero-order valence-corrected chi connectivity index (χ0v) is 17.5. The van der Waals surface area contributed by atoms with Crippen LogP contribution in [0.4, 0.5) is 4.39 Å². The van der Waals surface area contributed by atoms with Gasteiger partial charge in [-0.15, -0.1) is 5.10 Å². The maximum absolute atomic E-state index is 14.5. The van der Waals surface area contributed by atoms with Crippen LogP contribution in [0.1, 0.15) is 44.2 Å². The highest BCUT2D eigenvalue weighted by molar-refractivity contribution is 5.82. The molecule has 1 heterocycles. The molecule has 30 heavy (non-hydrogen) atoms. The van der Waals surface area contributed by atoms with Gasteiger partial charge >= 0.3 is 5.97 Å². The first-order chi connectivity index (χ1) is 14.4. The van der Waals surface area contributed by atoms with Gasteiger partial charge in [-0.3, -0.25) is 9.48 Å². The highest BCUT2D eigenvalue weighted by atomic mass is 19.1. The minimum Gasteiger partial charge on any atom is -0.489 e. The number of rotatable bonds is 9. The predicted octanol–water partition coefficient (Wildman–Crippen LogP) is 5.54. The van der Waals surface area contributed by atoms with Crippen LogP contribution in [0.15, 0.2) is 54.6 Å². The average Bonchev–Trinajstić information content (AvgIpc) is 3.01. The minimum atomic E-state index is -0.841. The number of carboxylic acid groups (broad SMARTS) is 1.